The van der Waals surface area contributed by atoms with Crippen LogP contribution < -0.4 is 4.90 Å². The number of hydrogen-bond donors (Lipinski definition) is 0. The summed E-state index contributed by atoms with van der Waals surface area (Å²) in [4.78, 5) is 1.81. The van der Waals surface area contributed by atoms with Crippen LogP contribution in [0.3, 0.4) is 0 Å². The molecule has 0 aromatic heterocycles. The molecule has 4 heteroatoms. The fourth-order valence-corrected chi connectivity index (χ4v) is 2.77. The molecule has 2 rings (SSSR count). The van der Waals surface area contributed by atoms with Crippen LogP contribution in [0.5, 0.6) is 0 Å². The molecule has 0 atom stereocenters. The molecule has 1 saturated heterocycles. The van der Waals surface area contributed by atoms with E-state index in [1.165, 1.54) is 12.1 Å². The first-order chi connectivity index (χ1) is 8.43. The van der Waals surface area contributed by atoms with Crippen molar-refractivity contribution >= 4 is 17.3 Å². The third kappa shape index (κ3) is 2.77. The molecule has 0 N–H and O–H groups in total. The van der Waals surface area contributed by atoms with Crippen molar-refractivity contribution in [3.63, 3.8) is 0 Å². The Morgan fingerprint density at radius 1 is 1.28 bits per heavy atom. The van der Waals surface area contributed by atoms with Crippen LogP contribution in [-0.4, -0.2) is 13.1 Å². The number of piperidine rings is 1. The van der Waals surface area contributed by atoms with Gasteiger partial charge in [-0.3, -0.25) is 0 Å². The number of alkyl halides is 1. The van der Waals surface area contributed by atoms with Crippen LogP contribution >= 0.6 is 11.6 Å². The summed E-state index contributed by atoms with van der Waals surface area (Å²) in [5.41, 5.74) is 0.672. The Balaban J connectivity index is 2.33. The van der Waals surface area contributed by atoms with Gasteiger partial charge in [0.15, 0.2) is 0 Å². The van der Waals surface area contributed by atoms with Crippen LogP contribution in [0.4, 0.5) is 14.5 Å². The molecule has 1 aromatic carbocycles. The van der Waals surface area contributed by atoms with E-state index in [2.05, 4.69) is 13.8 Å². The van der Waals surface area contributed by atoms with E-state index in [-0.39, 0.29) is 17.0 Å². The fraction of sp³-hybridized carbons (Fsp3) is 0.571. The normalized spacial score (nSPS) is 19.1. The van der Waals surface area contributed by atoms with Crippen molar-refractivity contribution in [1.29, 1.82) is 0 Å². The molecule has 100 valence electrons. The van der Waals surface area contributed by atoms with Crippen LogP contribution in [-0.2, 0) is 5.88 Å². The molecule has 1 fully saturated rings. The molecule has 1 aliphatic rings. The summed E-state index contributed by atoms with van der Waals surface area (Å²) >= 11 is 5.61. The predicted octanol–water partition coefficient (Wildman–Crippen LogP) is 4.33. The van der Waals surface area contributed by atoms with Gasteiger partial charge in [-0.05, 0) is 36.0 Å². The van der Waals surface area contributed by atoms with E-state index >= 15 is 0 Å². The van der Waals surface area contributed by atoms with Crippen molar-refractivity contribution < 1.29 is 8.78 Å². The molecule has 1 aliphatic heterocycles. The summed E-state index contributed by atoms with van der Waals surface area (Å²) in [5, 5.41) is 0. The molecule has 0 unspecified atom stereocenters. The highest BCUT2D eigenvalue weighted by Crippen LogP contribution is 2.34. The molecule has 1 nitrogen and oxygen atoms in total. The third-order valence-corrected chi connectivity index (χ3v) is 3.76. The lowest BCUT2D eigenvalue weighted by Gasteiger charge is -2.39. The highest BCUT2D eigenvalue weighted by Gasteiger charge is 2.29. The summed E-state index contributed by atoms with van der Waals surface area (Å²) in [6, 6.07) is 2.65. The molecular weight excluding hydrogens is 256 g/mol. The lowest BCUT2D eigenvalue weighted by atomic mass is 9.84. The van der Waals surface area contributed by atoms with E-state index < -0.39 is 11.6 Å². The average molecular weight is 274 g/mol. The molecule has 0 radical (unpaired) electrons. The second-order valence-electron chi connectivity index (χ2n) is 5.73. The van der Waals surface area contributed by atoms with Gasteiger partial charge < -0.3 is 4.90 Å². The van der Waals surface area contributed by atoms with Crippen LogP contribution in [0, 0.1) is 17.0 Å². The van der Waals surface area contributed by atoms with E-state index in [0.29, 0.717) is 18.7 Å². The van der Waals surface area contributed by atoms with Gasteiger partial charge >= 0.3 is 0 Å². The zero-order valence-electron chi connectivity index (χ0n) is 10.8. The topological polar surface area (TPSA) is 3.24 Å². The second-order valence-corrected chi connectivity index (χ2v) is 6.00. The minimum absolute atomic E-state index is 0.0941. The Morgan fingerprint density at radius 3 is 2.39 bits per heavy atom. The van der Waals surface area contributed by atoms with Crippen LogP contribution in [0.1, 0.15) is 32.3 Å². The van der Waals surface area contributed by atoms with Gasteiger partial charge in [0.05, 0.1) is 0 Å². The summed E-state index contributed by atoms with van der Waals surface area (Å²) in [6.07, 6.45) is 2.05. The van der Waals surface area contributed by atoms with Gasteiger partial charge in [-0.1, -0.05) is 13.8 Å². The van der Waals surface area contributed by atoms with E-state index in [1.807, 2.05) is 4.90 Å². The van der Waals surface area contributed by atoms with Gasteiger partial charge in [0.25, 0.3) is 0 Å². The molecule has 0 spiro atoms. The number of hydrogen-bond acceptors (Lipinski definition) is 1. The third-order valence-electron chi connectivity index (χ3n) is 3.45. The first-order valence-electron chi connectivity index (χ1n) is 6.22. The van der Waals surface area contributed by atoms with E-state index in [4.69, 9.17) is 11.6 Å². The fourth-order valence-electron chi connectivity index (χ4n) is 2.61. The maximum Gasteiger partial charge on any atom is 0.149 e. The summed E-state index contributed by atoms with van der Waals surface area (Å²) < 4.78 is 28.0. The van der Waals surface area contributed by atoms with E-state index in [1.54, 1.807) is 0 Å². The van der Waals surface area contributed by atoms with E-state index in [9.17, 15) is 8.78 Å². The Kier molecular flexibility index (Phi) is 3.81. The SMILES string of the molecule is CC1(C)CCCN(c2c(F)cc(CCl)cc2F)C1. The number of nitrogens with zero attached hydrogens (tertiary/aromatic N) is 1. The van der Waals surface area contributed by atoms with Crippen molar-refractivity contribution in [2.24, 2.45) is 5.41 Å². The molecule has 1 aromatic rings. The summed E-state index contributed by atoms with van der Waals surface area (Å²) in [6.45, 7) is 5.64. The van der Waals surface area contributed by atoms with Crippen molar-refractivity contribution in [1.82, 2.24) is 0 Å². The minimum Gasteiger partial charge on any atom is -0.366 e. The zero-order valence-corrected chi connectivity index (χ0v) is 11.5. The average Bonchev–Trinajstić information content (AvgIpc) is 2.26. The lowest BCUT2D eigenvalue weighted by molar-refractivity contribution is 0.290. The van der Waals surface area contributed by atoms with Crippen molar-refractivity contribution in [2.75, 3.05) is 18.0 Å². The monoisotopic (exact) mass is 273 g/mol. The lowest BCUT2D eigenvalue weighted by Crippen LogP contribution is -2.41. The molecule has 18 heavy (non-hydrogen) atoms. The maximum absolute atomic E-state index is 14.0. The van der Waals surface area contributed by atoms with Gasteiger partial charge in [-0.25, -0.2) is 8.78 Å². The Bertz CT molecular complexity index is 422. The van der Waals surface area contributed by atoms with Crippen LogP contribution in [0.2, 0.25) is 0 Å². The quantitative estimate of drug-likeness (QED) is 0.725. The Labute approximate surface area is 112 Å². The molecule has 0 saturated carbocycles. The predicted molar refractivity (Wildman–Crippen MR) is 71.1 cm³/mol. The highest BCUT2D eigenvalue weighted by molar-refractivity contribution is 6.17. The van der Waals surface area contributed by atoms with Crippen LogP contribution in [0.15, 0.2) is 12.1 Å². The summed E-state index contributed by atoms with van der Waals surface area (Å²) in [5.74, 6) is -0.897. The van der Waals surface area contributed by atoms with Crippen molar-refractivity contribution in [2.45, 2.75) is 32.6 Å². The molecular formula is C14H18ClF2N. The van der Waals surface area contributed by atoms with E-state index in [0.717, 1.165) is 12.8 Å². The largest absolute Gasteiger partial charge is 0.366 e. The summed E-state index contributed by atoms with van der Waals surface area (Å²) in [7, 11) is 0. The first-order valence-corrected chi connectivity index (χ1v) is 6.75. The Hall–Kier alpha value is -0.830. The molecule has 0 bridgehead atoms. The standard InChI is InChI=1S/C14H18ClF2N/c1-14(2)4-3-5-18(9-14)13-11(16)6-10(8-15)7-12(13)17/h6-7H,3-5,8-9H2,1-2H3. The van der Waals surface area contributed by atoms with Crippen molar-refractivity contribution in [3.05, 3.63) is 29.3 Å². The van der Waals surface area contributed by atoms with Gasteiger partial charge in [0.1, 0.15) is 17.3 Å². The highest BCUT2D eigenvalue weighted by atomic mass is 35.5. The number of rotatable bonds is 2. The Morgan fingerprint density at radius 2 is 1.89 bits per heavy atom. The number of benzene rings is 1. The van der Waals surface area contributed by atoms with Gasteiger partial charge in [-0.2, -0.15) is 0 Å². The zero-order chi connectivity index (χ0) is 13.3. The van der Waals surface area contributed by atoms with Gasteiger partial charge in [0, 0.05) is 19.0 Å². The minimum atomic E-state index is -0.511. The molecule has 1 heterocycles. The maximum atomic E-state index is 14.0. The van der Waals surface area contributed by atoms with Crippen molar-refractivity contribution in [3.8, 4) is 0 Å². The second kappa shape index (κ2) is 5.04. The van der Waals surface area contributed by atoms with Gasteiger partial charge in [-0.15, -0.1) is 11.6 Å². The van der Waals surface area contributed by atoms with Gasteiger partial charge in [0.2, 0.25) is 0 Å². The molecule has 0 amide bonds. The number of halogens is 3. The van der Waals surface area contributed by atoms with Crippen LogP contribution in [0.25, 0.3) is 0 Å². The molecule has 0 aliphatic carbocycles. The smallest absolute Gasteiger partial charge is 0.149 e. The first kappa shape index (κ1) is 13.6. The number of anilines is 1.